The van der Waals surface area contributed by atoms with Crippen molar-refractivity contribution in [2.75, 3.05) is 26.2 Å². The molecule has 1 aliphatic heterocycles. The van der Waals surface area contributed by atoms with Gasteiger partial charge < -0.3 is 14.2 Å². The molecule has 1 amide bonds. The molecule has 0 radical (unpaired) electrons. The Morgan fingerprint density at radius 3 is 2.41 bits per heavy atom. The van der Waals surface area contributed by atoms with Crippen LogP contribution in [0.2, 0.25) is 0 Å². The van der Waals surface area contributed by atoms with Crippen molar-refractivity contribution in [2.24, 2.45) is 0 Å². The zero-order valence-corrected chi connectivity index (χ0v) is 18.1. The van der Waals surface area contributed by atoms with Crippen LogP contribution in [0.25, 0.3) is 11.0 Å². The summed E-state index contributed by atoms with van der Waals surface area (Å²) in [6.07, 6.45) is 0.735. The van der Waals surface area contributed by atoms with E-state index >= 15 is 0 Å². The first-order valence-corrected chi connectivity index (χ1v) is 10.8. The van der Waals surface area contributed by atoms with E-state index in [2.05, 4.69) is 18.7 Å². The van der Waals surface area contributed by atoms with Gasteiger partial charge in [-0.25, -0.2) is 0 Å². The smallest absolute Gasteiger partial charge is 0.290 e. The average Bonchev–Trinajstić information content (AvgIpc) is 3.09. The minimum atomic E-state index is -0.643. The molecule has 1 unspecified atom stereocenters. The van der Waals surface area contributed by atoms with Crippen LogP contribution in [0.1, 0.15) is 48.0 Å². The number of para-hydroxylation sites is 1. The van der Waals surface area contributed by atoms with Crippen LogP contribution in [0, 0.1) is 10.1 Å². The Kier molecular flexibility index (Phi) is 6.05. The minimum Gasteiger partial charge on any atom is -0.450 e. The van der Waals surface area contributed by atoms with Crippen molar-refractivity contribution in [1.29, 1.82) is 0 Å². The van der Waals surface area contributed by atoms with Crippen LogP contribution in [0.3, 0.4) is 0 Å². The quantitative estimate of drug-likeness (QED) is 0.392. The third kappa shape index (κ3) is 3.78. The van der Waals surface area contributed by atoms with Gasteiger partial charge in [0.25, 0.3) is 11.6 Å². The number of rotatable bonds is 8. The third-order valence-corrected chi connectivity index (χ3v) is 6.06. The van der Waals surface area contributed by atoms with Crippen molar-refractivity contribution in [3.8, 4) is 0 Å². The second kappa shape index (κ2) is 8.92. The SMILES string of the molecule is CCN(CC)CCCN1C(=O)c2oc3ccccc3c(=O)c2C1c1ccc([N+](=O)[O-])cc1. The summed E-state index contributed by atoms with van der Waals surface area (Å²) in [5.41, 5.74) is 1.03. The summed E-state index contributed by atoms with van der Waals surface area (Å²) in [5.74, 6) is -0.273. The van der Waals surface area contributed by atoms with Gasteiger partial charge in [-0.2, -0.15) is 0 Å². The molecule has 1 aromatic heterocycles. The average molecular weight is 435 g/mol. The Hall–Kier alpha value is -3.52. The van der Waals surface area contributed by atoms with E-state index in [1.807, 2.05) is 0 Å². The van der Waals surface area contributed by atoms with Gasteiger partial charge in [0, 0.05) is 18.7 Å². The van der Waals surface area contributed by atoms with Gasteiger partial charge in [0.05, 0.1) is 21.9 Å². The first-order chi connectivity index (χ1) is 15.5. The Balaban J connectivity index is 1.78. The lowest BCUT2D eigenvalue weighted by Crippen LogP contribution is -2.33. The second-order valence-electron chi connectivity index (χ2n) is 7.80. The molecular weight excluding hydrogens is 410 g/mol. The van der Waals surface area contributed by atoms with Crippen molar-refractivity contribution in [1.82, 2.24) is 9.80 Å². The van der Waals surface area contributed by atoms with Crippen molar-refractivity contribution in [3.05, 3.63) is 85.8 Å². The number of carbonyl (C=O) groups is 1. The third-order valence-electron chi connectivity index (χ3n) is 6.06. The highest BCUT2D eigenvalue weighted by Crippen LogP contribution is 2.38. The fraction of sp³-hybridized carbons (Fsp3) is 0.333. The fourth-order valence-electron chi connectivity index (χ4n) is 4.33. The molecular formula is C24H25N3O5. The molecule has 8 heteroatoms. The zero-order valence-electron chi connectivity index (χ0n) is 18.1. The molecule has 0 saturated carbocycles. The van der Waals surface area contributed by atoms with Gasteiger partial charge in [0.15, 0.2) is 5.43 Å². The molecule has 3 aromatic rings. The maximum atomic E-state index is 13.4. The van der Waals surface area contributed by atoms with Gasteiger partial charge in [-0.3, -0.25) is 19.7 Å². The predicted molar refractivity (Wildman–Crippen MR) is 121 cm³/mol. The summed E-state index contributed by atoms with van der Waals surface area (Å²) in [6.45, 7) is 7.28. The molecule has 0 spiro atoms. The molecule has 8 nitrogen and oxygen atoms in total. The number of nitrogens with zero attached hydrogens (tertiary/aromatic N) is 3. The van der Waals surface area contributed by atoms with Crippen LogP contribution in [0.4, 0.5) is 5.69 Å². The van der Waals surface area contributed by atoms with Crippen LogP contribution >= 0.6 is 0 Å². The zero-order chi connectivity index (χ0) is 22.8. The summed E-state index contributed by atoms with van der Waals surface area (Å²) in [4.78, 5) is 41.3. The van der Waals surface area contributed by atoms with Crippen molar-refractivity contribution < 1.29 is 14.1 Å². The fourth-order valence-corrected chi connectivity index (χ4v) is 4.33. The van der Waals surface area contributed by atoms with Crippen LogP contribution in [0.5, 0.6) is 0 Å². The first-order valence-electron chi connectivity index (χ1n) is 10.8. The number of non-ortho nitro benzene ring substituents is 1. The van der Waals surface area contributed by atoms with Gasteiger partial charge in [-0.05, 0) is 55.9 Å². The molecule has 1 aliphatic rings. The Bertz CT molecular complexity index is 1210. The summed E-state index contributed by atoms with van der Waals surface area (Å²) in [7, 11) is 0. The Labute approximate surface area is 185 Å². The van der Waals surface area contributed by atoms with Crippen molar-refractivity contribution in [3.63, 3.8) is 0 Å². The molecule has 32 heavy (non-hydrogen) atoms. The predicted octanol–water partition coefficient (Wildman–Crippen LogP) is 3.98. The lowest BCUT2D eigenvalue weighted by molar-refractivity contribution is -0.384. The van der Waals surface area contributed by atoms with E-state index < -0.39 is 11.0 Å². The minimum absolute atomic E-state index is 0.0445. The van der Waals surface area contributed by atoms with Crippen LogP contribution < -0.4 is 5.43 Å². The largest absolute Gasteiger partial charge is 0.450 e. The van der Waals surface area contributed by atoms with Gasteiger partial charge in [-0.15, -0.1) is 0 Å². The van der Waals surface area contributed by atoms with Crippen LogP contribution in [-0.4, -0.2) is 46.8 Å². The molecule has 166 valence electrons. The summed E-state index contributed by atoms with van der Waals surface area (Å²) in [5, 5.41) is 11.5. The van der Waals surface area contributed by atoms with E-state index in [9.17, 15) is 19.7 Å². The normalized spacial score (nSPS) is 15.5. The molecule has 0 fully saturated rings. The number of hydrogen-bond donors (Lipinski definition) is 0. The van der Waals surface area contributed by atoms with E-state index in [1.165, 1.54) is 12.1 Å². The number of nitro benzene ring substituents is 1. The second-order valence-corrected chi connectivity index (χ2v) is 7.80. The van der Waals surface area contributed by atoms with Gasteiger partial charge >= 0.3 is 0 Å². The molecule has 2 aromatic carbocycles. The van der Waals surface area contributed by atoms with E-state index in [0.717, 1.165) is 26.1 Å². The van der Waals surface area contributed by atoms with E-state index in [1.54, 1.807) is 41.3 Å². The number of hydrogen-bond acceptors (Lipinski definition) is 6. The molecule has 0 bridgehead atoms. The van der Waals surface area contributed by atoms with Crippen molar-refractivity contribution in [2.45, 2.75) is 26.3 Å². The summed E-state index contributed by atoms with van der Waals surface area (Å²) in [6, 6.07) is 12.2. The summed E-state index contributed by atoms with van der Waals surface area (Å²) >= 11 is 0. The van der Waals surface area contributed by atoms with Crippen LogP contribution in [-0.2, 0) is 0 Å². The van der Waals surface area contributed by atoms with Gasteiger partial charge in [0.2, 0.25) is 5.76 Å². The molecule has 0 N–H and O–H groups in total. The van der Waals surface area contributed by atoms with E-state index in [-0.39, 0.29) is 22.8 Å². The number of fused-ring (bicyclic) bond motifs is 2. The van der Waals surface area contributed by atoms with Crippen LogP contribution in [0.15, 0.2) is 57.7 Å². The topological polar surface area (TPSA) is 96.9 Å². The monoisotopic (exact) mass is 435 g/mol. The van der Waals surface area contributed by atoms with Gasteiger partial charge in [-0.1, -0.05) is 26.0 Å². The number of amides is 1. The highest BCUT2D eigenvalue weighted by molar-refractivity contribution is 5.99. The van der Waals surface area contributed by atoms with E-state index in [0.29, 0.717) is 28.6 Å². The maximum Gasteiger partial charge on any atom is 0.290 e. The van der Waals surface area contributed by atoms with Crippen molar-refractivity contribution >= 4 is 22.6 Å². The first kappa shape index (κ1) is 21.7. The van der Waals surface area contributed by atoms with Gasteiger partial charge in [0.1, 0.15) is 5.58 Å². The summed E-state index contributed by atoms with van der Waals surface area (Å²) < 4.78 is 5.90. The standard InChI is InChI=1S/C24H25N3O5/c1-3-25(4-2)14-7-15-26-21(16-10-12-17(13-11-16)27(30)31)20-22(28)18-8-5-6-9-19(18)32-23(20)24(26)29/h5-6,8-13,21H,3-4,7,14-15H2,1-2H3. The Morgan fingerprint density at radius 1 is 1.06 bits per heavy atom. The lowest BCUT2D eigenvalue weighted by atomic mass is 9.98. The maximum absolute atomic E-state index is 13.4. The number of carbonyl (C=O) groups excluding carboxylic acids is 1. The molecule has 4 rings (SSSR count). The molecule has 1 atom stereocenters. The number of benzene rings is 2. The van der Waals surface area contributed by atoms with E-state index in [4.69, 9.17) is 4.42 Å². The highest BCUT2D eigenvalue weighted by atomic mass is 16.6. The Morgan fingerprint density at radius 2 is 1.75 bits per heavy atom. The lowest BCUT2D eigenvalue weighted by Gasteiger charge is -2.26. The molecule has 0 saturated heterocycles. The molecule has 2 heterocycles. The highest BCUT2D eigenvalue weighted by Gasteiger charge is 2.42. The number of nitro groups is 1. The molecule has 0 aliphatic carbocycles.